The SMILES string of the molecule is CCOC(=O)C1=C(C)N=c2s/c(=C\c3cc(Cl)cc(Br)c3OC(C)C)c(=O)n2[C@@H]1c1ccc(OCC)cc1. The molecule has 0 saturated heterocycles. The van der Waals surface area contributed by atoms with E-state index in [1.54, 1.807) is 36.6 Å². The molecule has 7 nitrogen and oxygen atoms in total. The first-order valence-corrected chi connectivity index (χ1v) is 14.2. The maximum atomic E-state index is 13.9. The number of carbonyl (C=O) groups is 1. The zero-order chi connectivity index (χ0) is 27.6. The molecule has 0 saturated carbocycles. The summed E-state index contributed by atoms with van der Waals surface area (Å²) >= 11 is 11.1. The molecule has 0 N–H and O–H groups in total. The maximum absolute atomic E-state index is 13.9. The second-order valence-electron chi connectivity index (χ2n) is 8.78. The highest BCUT2D eigenvalue weighted by atomic mass is 79.9. The van der Waals surface area contributed by atoms with Gasteiger partial charge in [-0.15, -0.1) is 0 Å². The number of carbonyl (C=O) groups excluding carboxylic acids is 1. The molecule has 0 unspecified atom stereocenters. The van der Waals surface area contributed by atoms with Gasteiger partial charge in [-0.05, 0) is 86.5 Å². The lowest BCUT2D eigenvalue weighted by molar-refractivity contribution is -0.139. The lowest BCUT2D eigenvalue weighted by Gasteiger charge is -2.24. The summed E-state index contributed by atoms with van der Waals surface area (Å²) in [5, 5.41) is 0.500. The highest BCUT2D eigenvalue weighted by molar-refractivity contribution is 9.10. The fraction of sp³-hybridized carbons (Fsp3) is 0.321. The molecule has 0 radical (unpaired) electrons. The molecule has 2 heterocycles. The third-order valence-corrected chi connectivity index (χ3v) is 7.49. The molecule has 0 aliphatic carbocycles. The molecular weight excluding hydrogens is 592 g/mol. The molecule has 3 aromatic rings. The summed E-state index contributed by atoms with van der Waals surface area (Å²) in [4.78, 5) is 32.1. The number of aromatic nitrogens is 1. The summed E-state index contributed by atoms with van der Waals surface area (Å²) < 4.78 is 19.6. The molecule has 200 valence electrons. The average Bonchev–Trinajstić information content (AvgIpc) is 3.15. The Morgan fingerprint density at radius 2 is 1.92 bits per heavy atom. The number of hydrogen-bond acceptors (Lipinski definition) is 7. The topological polar surface area (TPSA) is 79.1 Å². The van der Waals surface area contributed by atoms with Gasteiger partial charge in [0.15, 0.2) is 4.80 Å². The van der Waals surface area contributed by atoms with Crippen LogP contribution >= 0.6 is 38.9 Å². The van der Waals surface area contributed by atoms with Crippen LogP contribution in [0.3, 0.4) is 0 Å². The predicted octanol–water partition coefficient (Wildman–Crippen LogP) is 5.40. The quantitative estimate of drug-likeness (QED) is 0.316. The number of esters is 1. The summed E-state index contributed by atoms with van der Waals surface area (Å²) in [6, 6.07) is 10.2. The second kappa shape index (κ2) is 11.9. The third-order valence-electron chi connectivity index (χ3n) is 5.70. The average molecular weight is 620 g/mol. The summed E-state index contributed by atoms with van der Waals surface area (Å²) in [6.45, 7) is 10.0. The Labute approximate surface area is 238 Å². The molecular formula is C28H28BrClN2O5S. The van der Waals surface area contributed by atoms with Crippen LogP contribution in [-0.4, -0.2) is 29.9 Å². The molecule has 0 amide bonds. The minimum atomic E-state index is -0.708. The highest BCUT2D eigenvalue weighted by Crippen LogP contribution is 2.34. The van der Waals surface area contributed by atoms with Crippen molar-refractivity contribution in [3.8, 4) is 11.5 Å². The van der Waals surface area contributed by atoms with Crippen molar-refractivity contribution in [3.05, 3.63) is 88.0 Å². The number of hydrogen-bond donors (Lipinski definition) is 0. The molecule has 0 spiro atoms. The van der Waals surface area contributed by atoms with E-state index in [9.17, 15) is 9.59 Å². The highest BCUT2D eigenvalue weighted by Gasteiger charge is 2.33. The van der Waals surface area contributed by atoms with Crippen LogP contribution in [-0.2, 0) is 9.53 Å². The second-order valence-corrected chi connectivity index (χ2v) is 11.1. The van der Waals surface area contributed by atoms with Crippen LogP contribution in [0.2, 0.25) is 5.02 Å². The molecule has 10 heteroatoms. The fourth-order valence-corrected chi connectivity index (χ4v) is 6.17. The van der Waals surface area contributed by atoms with Crippen molar-refractivity contribution < 1.29 is 19.0 Å². The smallest absolute Gasteiger partial charge is 0.338 e. The van der Waals surface area contributed by atoms with Crippen molar-refractivity contribution >= 4 is 50.9 Å². The Hall–Kier alpha value is -2.88. The molecule has 4 rings (SSSR count). The zero-order valence-electron chi connectivity index (χ0n) is 21.7. The van der Waals surface area contributed by atoms with Gasteiger partial charge in [0.05, 0.1) is 45.6 Å². The molecule has 2 aromatic carbocycles. The third kappa shape index (κ3) is 5.75. The number of rotatable bonds is 8. The van der Waals surface area contributed by atoms with Gasteiger partial charge in [0.1, 0.15) is 11.5 Å². The van der Waals surface area contributed by atoms with E-state index in [-0.39, 0.29) is 18.3 Å². The number of thiazole rings is 1. The van der Waals surface area contributed by atoms with E-state index in [0.29, 0.717) is 53.8 Å². The molecule has 0 bridgehead atoms. The van der Waals surface area contributed by atoms with Crippen LogP contribution in [0.25, 0.3) is 6.08 Å². The minimum absolute atomic E-state index is 0.0877. The summed E-state index contributed by atoms with van der Waals surface area (Å²) in [5.74, 6) is 0.779. The lowest BCUT2D eigenvalue weighted by Crippen LogP contribution is -2.39. The van der Waals surface area contributed by atoms with E-state index >= 15 is 0 Å². The Morgan fingerprint density at radius 3 is 2.55 bits per heavy atom. The van der Waals surface area contributed by atoms with Gasteiger partial charge >= 0.3 is 5.97 Å². The number of nitrogens with zero attached hydrogens (tertiary/aromatic N) is 2. The van der Waals surface area contributed by atoms with Crippen molar-refractivity contribution in [2.75, 3.05) is 13.2 Å². The van der Waals surface area contributed by atoms with E-state index in [0.717, 1.165) is 5.56 Å². The molecule has 1 aliphatic rings. The minimum Gasteiger partial charge on any atom is -0.494 e. The van der Waals surface area contributed by atoms with E-state index in [1.807, 2.05) is 45.0 Å². The van der Waals surface area contributed by atoms with Crippen molar-refractivity contribution in [2.45, 2.75) is 46.8 Å². The van der Waals surface area contributed by atoms with Crippen molar-refractivity contribution in [1.82, 2.24) is 4.57 Å². The van der Waals surface area contributed by atoms with Crippen molar-refractivity contribution in [1.29, 1.82) is 0 Å². The van der Waals surface area contributed by atoms with Crippen LogP contribution in [0.5, 0.6) is 11.5 Å². The first-order valence-electron chi connectivity index (χ1n) is 12.2. The van der Waals surface area contributed by atoms with E-state index < -0.39 is 12.0 Å². The summed E-state index contributed by atoms with van der Waals surface area (Å²) in [7, 11) is 0. The molecule has 1 aromatic heterocycles. The molecule has 1 aliphatic heterocycles. The number of halogens is 2. The summed E-state index contributed by atoms with van der Waals surface area (Å²) in [6.07, 6.45) is 1.66. The van der Waals surface area contributed by atoms with Gasteiger partial charge in [-0.2, -0.15) is 0 Å². The normalized spacial score (nSPS) is 15.4. The van der Waals surface area contributed by atoms with Gasteiger partial charge in [0.25, 0.3) is 5.56 Å². The number of allylic oxidation sites excluding steroid dienone is 1. The van der Waals surface area contributed by atoms with Gasteiger partial charge in [0, 0.05) is 10.6 Å². The first-order chi connectivity index (χ1) is 18.1. The molecule has 1 atom stereocenters. The van der Waals surface area contributed by atoms with Crippen LogP contribution < -0.4 is 24.4 Å². The Kier molecular flexibility index (Phi) is 8.80. The van der Waals surface area contributed by atoms with E-state index in [2.05, 4.69) is 20.9 Å². The van der Waals surface area contributed by atoms with Crippen LogP contribution in [0.15, 0.2) is 61.9 Å². The van der Waals surface area contributed by atoms with Gasteiger partial charge in [-0.1, -0.05) is 35.1 Å². The molecule has 0 fully saturated rings. The first kappa shape index (κ1) is 28.1. The van der Waals surface area contributed by atoms with Crippen molar-refractivity contribution in [3.63, 3.8) is 0 Å². The monoisotopic (exact) mass is 618 g/mol. The lowest BCUT2D eigenvalue weighted by atomic mass is 9.96. The van der Waals surface area contributed by atoms with Gasteiger partial charge in [-0.25, -0.2) is 9.79 Å². The largest absolute Gasteiger partial charge is 0.494 e. The van der Waals surface area contributed by atoms with E-state index in [1.165, 1.54) is 11.3 Å². The van der Waals surface area contributed by atoms with Gasteiger partial charge in [-0.3, -0.25) is 9.36 Å². The van der Waals surface area contributed by atoms with Crippen LogP contribution in [0, 0.1) is 0 Å². The fourth-order valence-electron chi connectivity index (χ4n) is 4.21. The van der Waals surface area contributed by atoms with Crippen LogP contribution in [0.4, 0.5) is 0 Å². The van der Waals surface area contributed by atoms with Crippen molar-refractivity contribution in [2.24, 2.45) is 4.99 Å². The zero-order valence-corrected chi connectivity index (χ0v) is 24.9. The number of benzene rings is 2. The van der Waals surface area contributed by atoms with Crippen LogP contribution in [0.1, 0.15) is 51.8 Å². The Morgan fingerprint density at radius 1 is 1.21 bits per heavy atom. The number of fused-ring (bicyclic) bond motifs is 1. The Bertz CT molecular complexity index is 1570. The Balaban J connectivity index is 1.94. The molecule has 38 heavy (non-hydrogen) atoms. The number of ether oxygens (including phenoxy) is 3. The van der Waals surface area contributed by atoms with Gasteiger partial charge in [0.2, 0.25) is 0 Å². The maximum Gasteiger partial charge on any atom is 0.338 e. The van der Waals surface area contributed by atoms with Gasteiger partial charge < -0.3 is 14.2 Å². The predicted molar refractivity (Wildman–Crippen MR) is 153 cm³/mol. The van der Waals surface area contributed by atoms with E-state index in [4.69, 9.17) is 25.8 Å². The summed E-state index contributed by atoms with van der Waals surface area (Å²) in [5.41, 5.74) is 1.94. The standard InChI is InChI=1S/C28H28BrClN2O5S/c1-6-35-20-10-8-17(9-11-20)24-23(27(34)36-7-2)16(5)31-28-32(24)26(33)22(38-28)13-18-12-19(30)14-21(29)25(18)37-15(3)4/h8-15,24H,6-7H2,1-5H3/b22-13-/t24-/m1/s1.